The molecule has 0 atom stereocenters. The zero-order valence-corrected chi connectivity index (χ0v) is 42.6. The first kappa shape index (κ1) is 59.9. The van der Waals surface area contributed by atoms with Gasteiger partial charge < -0.3 is 19.6 Å². The Hall–Kier alpha value is -1.14. The first-order valence-corrected chi connectivity index (χ1v) is 28.0. The second-order valence-electron chi connectivity index (χ2n) is 19.3. The molecule has 1 saturated heterocycles. The number of hydrogen-bond donors (Lipinski definition) is 0. The zero-order valence-electron chi connectivity index (χ0n) is 42.6. The Balaban J connectivity index is 0.00000124. The molecule has 0 bridgehead atoms. The second kappa shape index (κ2) is 49.9. The Labute approximate surface area is 384 Å². The van der Waals surface area contributed by atoms with E-state index in [4.69, 9.17) is 0 Å². The molecule has 6 heteroatoms. The predicted octanol–water partition coefficient (Wildman–Crippen LogP) is 15.8. The highest BCUT2D eigenvalue weighted by atomic mass is 16.2. The molecule has 364 valence electrons. The Bertz CT molecular complexity index is 823. The van der Waals surface area contributed by atoms with Gasteiger partial charge in [0.15, 0.2) is 0 Å². The van der Waals surface area contributed by atoms with E-state index < -0.39 is 0 Å². The van der Waals surface area contributed by atoms with E-state index in [-0.39, 0.29) is 5.91 Å². The summed E-state index contributed by atoms with van der Waals surface area (Å²) in [6.07, 6.45) is 52.9. The minimum atomic E-state index is 0.272. The standard InChI is InChI=1S/C30H59N3O2.C25H53N/c1-3-5-7-9-11-13-15-18-22-31(23-19-16-14-12-10-8-6-4-2)24-20-17-21-30(35)33-27-25-32(29-34)26-28-33;1-4-7-10-12-14-16-18-21-24-26(23-20-9-6-3)25-22-19-17-15-13-11-8-5-2/h29H,3-28H2,1-2H3;4-25H2,1-3H3. The normalized spacial score (nSPS) is 13.0. The predicted molar refractivity (Wildman–Crippen MR) is 271 cm³/mol. The molecule has 0 saturated carbocycles. The van der Waals surface area contributed by atoms with Crippen LogP contribution in [0.1, 0.15) is 279 Å². The van der Waals surface area contributed by atoms with Crippen LogP contribution in [0.25, 0.3) is 0 Å². The molecule has 0 N–H and O–H groups in total. The number of piperazine rings is 1. The fraction of sp³-hybridized carbons (Fsp3) is 0.964. The van der Waals surface area contributed by atoms with Gasteiger partial charge in [-0.1, -0.05) is 227 Å². The maximum absolute atomic E-state index is 12.5. The topological polar surface area (TPSA) is 47.1 Å². The lowest BCUT2D eigenvalue weighted by molar-refractivity contribution is -0.135. The van der Waals surface area contributed by atoms with Gasteiger partial charge in [-0.15, -0.1) is 0 Å². The van der Waals surface area contributed by atoms with Crippen LogP contribution < -0.4 is 0 Å². The average molecular weight is 862 g/mol. The summed E-state index contributed by atoms with van der Waals surface area (Å²) in [6.45, 7) is 21.9. The molecule has 0 spiro atoms. The van der Waals surface area contributed by atoms with Crippen molar-refractivity contribution in [2.75, 3.05) is 65.4 Å². The van der Waals surface area contributed by atoms with Crippen LogP contribution in [0, 0.1) is 0 Å². The van der Waals surface area contributed by atoms with Gasteiger partial charge in [0.2, 0.25) is 12.3 Å². The molecule has 0 unspecified atom stereocenters. The van der Waals surface area contributed by atoms with E-state index in [2.05, 4.69) is 44.4 Å². The summed E-state index contributed by atoms with van der Waals surface area (Å²) >= 11 is 0. The summed E-state index contributed by atoms with van der Waals surface area (Å²) in [7, 11) is 0. The Kier molecular flexibility index (Phi) is 48.9. The van der Waals surface area contributed by atoms with Gasteiger partial charge >= 0.3 is 0 Å². The third-order valence-electron chi connectivity index (χ3n) is 13.3. The SMILES string of the molecule is CCCCCCCCCCN(CCCCC)CCCCCCCCCC.CCCCCCCCCCN(CCCCCCCCCC)CCCCC(=O)N1CCN(C=O)CC1. The fourth-order valence-corrected chi connectivity index (χ4v) is 8.98. The highest BCUT2D eigenvalue weighted by Gasteiger charge is 2.19. The molecule has 2 amide bonds. The Morgan fingerprint density at radius 2 is 0.574 bits per heavy atom. The van der Waals surface area contributed by atoms with Crippen molar-refractivity contribution in [3.05, 3.63) is 0 Å². The van der Waals surface area contributed by atoms with E-state index in [1.165, 1.54) is 257 Å². The molecule has 61 heavy (non-hydrogen) atoms. The lowest BCUT2D eigenvalue weighted by Gasteiger charge is -2.32. The highest BCUT2D eigenvalue weighted by Crippen LogP contribution is 2.15. The highest BCUT2D eigenvalue weighted by molar-refractivity contribution is 5.76. The van der Waals surface area contributed by atoms with Gasteiger partial charge in [0, 0.05) is 32.6 Å². The molecule has 0 aromatic carbocycles. The molecule has 1 fully saturated rings. The maximum Gasteiger partial charge on any atom is 0.222 e. The van der Waals surface area contributed by atoms with Crippen LogP contribution in [0.3, 0.4) is 0 Å². The van der Waals surface area contributed by atoms with Gasteiger partial charge in [-0.25, -0.2) is 0 Å². The first-order chi connectivity index (χ1) is 30.1. The number of carbonyl (C=O) groups excluding carboxylic acids is 2. The van der Waals surface area contributed by atoms with Crippen LogP contribution in [-0.2, 0) is 9.59 Å². The molecule has 1 aliphatic rings. The molecule has 6 nitrogen and oxygen atoms in total. The Morgan fingerprint density at radius 3 is 0.852 bits per heavy atom. The van der Waals surface area contributed by atoms with Crippen LogP contribution in [0.4, 0.5) is 0 Å². The van der Waals surface area contributed by atoms with Crippen LogP contribution in [0.2, 0.25) is 0 Å². The first-order valence-electron chi connectivity index (χ1n) is 28.0. The minimum absolute atomic E-state index is 0.272. The van der Waals surface area contributed by atoms with Crippen molar-refractivity contribution in [1.82, 2.24) is 19.6 Å². The van der Waals surface area contributed by atoms with E-state index >= 15 is 0 Å². The number of nitrogens with zero attached hydrogens (tertiary/aromatic N) is 4. The third kappa shape index (κ3) is 42.6. The van der Waals surface area contributed by atoms with Crippen LogP contribution >= 0.6 is 0 Å². The summed E-state index contributed by atoms with van der Waals surface area (Å²) < 4.78 is 0. The number of hydrogen-bond acceptors (Lipinski definition) is 4. The number of unbranched alkanes of at least 4 members (excludes halogenated alkanes) is 31. The summed E-state index contributed by atoms with van der Waals surface area (Å²) in [5.74, 6) is 0.272. The van der Waals surface area contributed by atoms with Crippen LogP contribution in [0.5, 0.6) is 0 Å². The van der Waals surface area contributed by atoms with E-state index in [1.807, 2.05) is 4.90 Å². The van der Waals surface area contributed by atoms with Crippen LogP contribution in [-0.4, -0.2) is 97.4 Å². The molecule has 1 rings (SSSR count). The molecular formula is C55H112N4O2. The maximum atomic E-state index is 12.5. The average Bonchev–Trinajstić information content (AvgIpc) is 3.28. The lowest BCUT2D eigenvalue weighted by Crippen LogP contribution is -2.48. The van der Waals surface area contributed by atoms with E-state index in [9.17, 15) is 9.59 Å². The number of amides is 2. The van der Waals surface area contributed by atoms with Crippen molar-refractivity contribution in [1.29, 1.82) is 0 Å². The molecular weight excluding hydrogens is 749 g/mol. The van der Waals surface area contributed by atoms with Crippen molar-refractivity contribution in [2.45, 2.75) is 279 Å². The summed E-state index contributed by atoms with van der Waals surface area (Å²) in [5.41, 5.74) is 0. The minimum Gasteiger partial charge on any atom is -0.342 e. The lowest BCUT2D eigenvalue weighted by atomic mass is 10.1. The van der Waals surface area contributed by atoms with Crippen molar-refractivity contribution >= 4 is 12.3 Å². The van der Waals surface area contributed by atoms with Gasteiger partial charge in [0.25, 0.3) is 0 Å². The quantitative estimate of drug-likeness (QED) is 0.0452. The zero-order chi connectivity index (χ0) is 44.5. The fourth-order valence-electron chi connectivity index (χ4n) is 8.98. The van der Waals surface area contributed by atoms with Crippen molar-refractivity contribution < 1.29 is 9.59 Å². The van der Waals surface area contributed by atoms with E-state index in [1.54, 1.807) is 4.90 Å². The summed E-state index contributed by atoms with van der Waals surface area (Å²) in [6, 6.07) is 0. The van der Waals surface area contributed by atoms with Crippen molar-refractivity contribution in [3.63, 3.8) is 0 Å². The van der Waals surface area contributed by atoms with Crippen LogP contribution in [0.15, 0.2) is 0 Å². The van der Waals surface area contributed by atoms with Gasteiger partial charge in [-0.2, -0.15) is 0 Å². The molecule has 1 heterocycles. The molecule has 1 aliphatic heterocycles. The van der Waals surface area contributed by atoms with Gasteiger partial charge in [0.1, 0.15) is 0 Å². The van der Waals surface area contributed by atoms with E-state index in [0.29, 0.717) is 32.6 Å². The number of rotatable bonds is 46. The van der Waals surface area contributed by atoms with Gasteiger partial charge in [-0.05, 0) is 84.2 Å². The smallest absolute Gasteiger partial charge is 0.222 e. The van der Waals surface area contributed by atoms with Gasteiger partial charge in [-0.3, -0.25) is 9.59 Å². The summed E-state index contributed by atoms with van der Waals surface area (Å²) in [4.78, 5) is 32.5. The second-order valence-corrected chi connectivity index (χ2v) is 19.3. The van der Waals surface area contributed by atoms with Gasteiger partial charge in [0.05, 0.1) is 0 Å². The molecule has 0 aromatic heterocycles. The van der Waals surface area contributed by atoms with Crippen molar-refractivity contribution in [2.24, 2.45) is 0 Å². The molecule has 0 radical (unpaired) electrons. The largest absolute Gasteiger partial charge is 0.342 e. The monoisotopic (exact) mass is 861 g/mol. The van der Waals surface area contributed by atoms with E-state index in [0.717, 1.165) is 25.8 Å². The summed E-state index contributed by atoms with van der Waals surface area (Å²) in [5, 5.41) is 0. The molecule has 0 aliphatic carbocycles. The Morgan fingerprint density at radius 1 is 0.344 bits per heavy atom. The third-order valence-corrected chi connectivity index (χ3v) is 13.3. The molecule has 0 aromatic rings. The number of carbonyl (C=O) groups is 2. The van der Waals surface area contributed by atoms with Crippen molar-refractivity contribution in [3.8, 4) is 0 Å².